The molecule has 2 N–H and O–H groups in total. The van der Waals surface area contributed by atoms with Gasteiger partial charge in [-0.25, -0.2) is 4.99 Å². The fourth-order valence-electron chi connectivity index (χ4n) is 1.65. The first kappa shape index (κ1) is 14.2. The SMILES string of the molecule is O=C(C=C(c1cccc(O)c1)[N+](=O)[O-])C1=CC=CN=CN1. The Kier molecular flexibility index (Phi) is 4.25. The number of aromatic hydroxyl groups is 1. The number of aliphatic imine (C=N–C) groups is 1. The largest absolute Gasteiger partial charge is 0.508 e. The minimum Gasteiger partial charge on any atom is -0.508 e. The Bertz CT molecular complexity index is 702. The van der Waals surface area contributed by atoms with Crippen LogP contribution in [0.25, 0.3) is 5.70 Å². The first-order chi connectivity index (χ1) is 10.1. The normalized spacial score (nSPS) is 14.1. The Balaban J connectivity index is 2.36. The van der Waals surface area contributed by atoms with Gasteiger partial charge in [0.2, 0.25) is 5.78 Å². The number of allylic oxidation sites excluding steroid dienone is 3. The number of hydrogen-bond donors (Lipinski definition) is 2. The van der Waals surface area contributed by atoms with E-state index in [1.165, 1.54) is 49.0 Å². The van der Waals surface area contributed by atoms with Gasteiger partial charge in [0.15, 0.2) is 0 Å². The fourth-order valence-corrected chi connectivity index (χ4v) is 1.65. The molecule has 1 aromatic carbocycles. The average molecular weight is 285 g/mol. The molecular formula is C14H11N3O4. The van der Waals surface area contributed by atoms with E-state index < -0.39 is 16.4 Å². The summed E-state index contributed by atoms with van der Waals surface area (Å²) in [6.07, 6.45) is 6.69. The van der Waals surface area contributed by atoms with Crippen LogP contribution in [0.3, 0.4) is 0 Å². The highest BCUT2D eigenvalue weighted by Gasteiger charge is 2.18. The van der Waals surface area contributed by atoms with Crippen molar-refractivity contribution in [1.82, 2.24) is 5.32 Å². The Morgan fingerprint density at radius 2 is 2.24 bits per heavy atom. The molecule has 1 aliphatic heterocycles. The molecule has 0 amide bonds. The predicted octanol–water partition coefficient (Wildman–Crippen LogP) is 1.61. The van der Waals surface area contributed by atoms with Crippen LogP contribution in [0.1, 0.15) is 5.56 Å². The van der Waals surface area contributed by atoms with Gasteiger partial charge in [0.1, 0.15) is 5.75 Å². The van der Waals surface area contributed by atoms with Crippen LogP contribution in [-0.2, 0) is 4.79 Å². The third-order valence-corrected chi connectivity index (χ3v) is 2.60. The molecule has 2 rings (SSSR count). The number of nitro groups is 1. The van der Waals surface area contributed by atoms with E-state index in [0.717, 1.165) is 6.08 Å². The zero-order chi connectivity index (χ0) is 15.2. The zero-order valence-corrected chi connectivity index (χ0v) is 10.8. The number of nitrogens with zero attached hydrogens (tertiary/aromatic N) is 2. The molecule has 0 radical (unpaired) electrons. The van der Waals surface area contributed by atoms with E-state index in [2.05, 4.69) is 10.3 Å². The smallest absolute Gasteiger partial charge is 0.280 e. The van der Waals surface area contributed by atoms with E-state index in [9.17, 15) is 20.0 Å². The first-order valence-corrected chi connectivity index (χ1v) is 5.93. The van der Waals surface area contributed by atoms with Crippen molar-refractivity contribution in [3.05, 3.63) is 70.1 Å². The van der Waals surface area contributed by atoms with Gasteiger partial charge in [0.25, 0.3) is 5.70 Å². The number of carbonyl (C=O) groups excluding carboxylic acids is 1. The van der Waals surface area contributed by atoms with Crippen LogP contribution in [0.4, 0.5) is 0 Å². The van der Waals surface area contributed by atoms with Crippen LogP contribution in [0, 0.1) is 10.1 Å². The number of phenolic OH excluding ortho intramolecular Hbond substituents is 1. The van der Waals surface area contributed by atoms with E-state index in [-0.39, 0.29) is 17.0 Å². The van der Waals surface area contributed by atoms with E-state index in [1.807, 2.05) is 0 Å². The second kappa shape index (κ2) is 6.29. The summed E-state index contributed by atoms with van der Waals surface area (Å²) < 4.78 is 0. The molecule has 1 aliphatic rings. The van der Waals surface area contributed by atoms with Crippen LogP contribution in [0.5, 0.6) is 5.75 Å². The second-order valence-electron chi connectivity index (χ2n) is 4.05. The minimum absolute atomic E-state index is 0.116. The summed E-state index contributed by atoms with van der Waals surface area (Å²) in [6, 6.07) is 5.51. The molecule has 1 aromatic rings. The molecule has 0 aromatic heterocycles. The number of carbonyl (C=O) groups is 1. The predicted molar refractivity (Wildman–Crippen MR) is 76.9 cm³/mol. The van der Waals surface area contributed by atoms with Crippen molar-refractivity contribution >= 4 is 17.8 Å². The lowest BCUT2D eigenvalue weighted by atomic mass is 10.1. The van der Waals surface area contributed by atoms with Crippen molar-refractivity contribution in [1.29, 1.82) is 0 Å². The molecule has 0 saturated heterocycles. The summed E-state index contributed by atoms with van der Waals surface area (Å²) in [4.78, 5) is 26.3. The molecule has 7 nitrogen and oxygen atoms in total. The number of rotatable bonds is 4. The second-order valence-corrected chi connectivity index (χ2v) is 4.05. The van der Waals surface area contributed by atoms with Crippen molar-refractivity contribution in [2.45, 2.75) is 0 Å². The van der Waals surface area contributed by atoms with Gasteiger partial charge in [-0.1, -0.05) is 6.07 Å². The van der Waals surface area contributed by atoms with Crippen LogP contribution in [0.15, 0.2) is 59.4 Å². The fraction of sp³-hybridized carbons (Fsp3) is 0. The van der Waals surface area contributed by atoms with E-state index >= 15 is 0 Å². The lowest BCUT2D eigenvalue weighted by Crippen LogP contribution is -2.17. The highest BCUT2D eigenvalue weighted by atomic mass is 16.6. The average Bonchev–Trinajstić information content (AvgIpc) is 2.73. The minimum atomic E-state index is -0.673. The topological polar surface area (TPSA) is 105 Å². The standard InChI is InChI=1S/C14H11N3O4/c18-11-4-1-3-10(7-11)13(17(20)21)8-14(19)12-5-2-6-15-9-16-12/h1-9,18H,(H,15,16). The molecule has 7 heteroatoms. The molecule has 0 bridgehead atoms. The third-order valence-electron chi connectivity index (χ3n) is 2.60. The third kappa shape index (κ3) is 3.63. The van der Waals surface area contributed by atoms with Crippen molar-refractivity contribution < 1.29 is 14.8 Å². The van der Waals surface area contributed by atoms with Gasteiger partial charge in [-0.05, 0) is 30.4 Å². The van der Waals surface area contributed by atoms with Gasteiger partial charge < -0.3 is 10.4 Å². The van der Waals surface area contributed by atoms with Crippen molar-refractivity contribution in [3.8, 4) is 5.75 Å². The summed E-state index contributed by atoms with van der Waals surface area (Å²) in [6.45, 7) is 0. The Morgan fingerprint density at radius 1 is 1.43 bits per heavy atom. The monoisotopic (exact) mass is 285 g/mol. The number of benzene rings is 1. The number of hydrogen-bond acceptors (Lipinski definition) is 6. The van der Waals surface area contributed by atoms with Crippen molar-refractivity contribution in [2.75, 3.05) is 0 Å². The Hall–Kier alpha value is -3.22. The molecule has 0 saturated carbocycles. The molecule has 0 atom stereocenters. The molecule has 0 fully saturated rings. The lowest BCUT2D eigenvalue weighted by Gasteiger charge is -2.02. The number of ketones is 1. The van der Waals surface area contributed by atoms with Gasteiger partial charge in [0.05, 0.1) is 28.6 Å². The van der Waals surface area contributed by atoms with Gasteiger partial charge in [0, 0.05) is 6.20 Å². The van der Waals surface area contributed by atoms with E-state index in [1.54, 1.807) is 0 Å². The molecule has 21 heavy (non-hydrogen) atoms. The van der Waals surface area contributed by atoms with Crippen molar-refractivity contribution in [3.63, 3.8) is 0 Å². The summed E-state index contributed by atoms with van der Waals surface area (Å²) >= 11 is 0. The molecular weight excluding hydrogens is 274 g/mol. The maximum atomic E-state index is 12.1. The highest BCUT2D eigenvalue weighted by Crippen LogP contribution is 2.20. The summed E-state index contributed by atoms with van der Waals surface area (Å²) in [7, 11) is 0. The van der Waals surface area contributed by atoms with E-state index in [4.69, 9.17) is 0 Å². The summed E-state index contributed by atoms with van der Waals surface area (Å²) in [5, 5.41) is 23.1. The van der Waals surface area contributed by atoms with Gasteiger partial charge in [-0.3, -0.25) is 14.9 Å². The Labute approximate surface area is 119 Å². The zero-order valence-electron chi connectivity index (χ0n) is 10.8. The van der Waals surface area contributed by atoms with Crippen molar-refractivity contribution in [2.24, 2.45) is 4.99 Å². The van der Waals surface area contributed by atoms with Gasteiger partial charge in [-0.2, -0.15) is 0 Å². The lowest BCUT2D eigenvalue weighted by molar-refractivity contribution is -0.375. The highest BCUT2D eigenvalue weighted by molar-refractivity contribution is 6.08. The molecule has 0 unspecified atom stereocenters. The molecule has 106 valence electrons. The molecule has 0 aliphatic carbocycles. The van der Waals surface area contributed by atoms with Gasteiger partial charge in [-0.15, -0.1) is 0 Å². The summed E-state index contributed by atoms with van der Waals surface area (Å²) in [5.74, 6) is -0.683. The number of phenols is 1. The van der Waals surface area contributed by atoms with Gasteiger partial charge >= 0.3 is 0 Å². The summed E-state index contributed by atoms with van der Waals surface area (Å²) in [5.41, 5.74) is -0.0949. The quantitative estimate of drug-likeness (QED) is 0.496. The van der Waals surface area contributed by atoms with Crippen LogP contribution < -0.4 is 5.32 Å². The van der Waals surface area contributed by atoms with E-state index in [0.29, 0.717) is 0 Å². The Morgan fingerprint density at radius 3 is 2.95 bits per heavy atom. The molecule has 1 heterocycles. The maximum absolute atomic E-state index is 12.1. The van der Waals surface area contributed by atoms with Crippen LogP contribution in [-0.4, -0.2) is 22.2 Å². The molecule has 0 spiro atoms. The van der Waals surface area contributed by atoms with Crippen LogP contribution in [0.2, 0.25) is 0 Å². The maximum Gasteiger partial charge on any atom is 0.280 e. The number of nitrogens with one attached hydrogen (secondary N) is 1. The van der Waals surface area contributed by atoms with Crippen LogP contribution >= 0.6 is 0 Å². The first-order valence-electron chi connectivity index (χ1n) is 5.93.